The van der Waals surface area contributed by atoms with Crippen molar-refractivity contribution in [3.8, 4) is 0 Å². The number of aliphatic hydroxyl groups excluding tert-OH is 2. The molecule has 0 aliphatic carbocycles. The first-order valence-corrected chi connectivity index (χ1v) is 1.70. The molecule has 0 bridgehead atoms. The summed E-state index contributed by atoms with van der Waals surface area (Å²) in [5, 5.41) is 23.7. The minimum absolute atomic E-state index is 0. The van der Waals surface area contributed by atoms with Crippen molar-refractivity contribution >= 4 is 43.7 Å². The van der Waals surface area contributed by atoms with Crippen molar-refractivity contribution in [1.29, 1.82) is 0 Å². The average Bonchev–Trinajstić information content (AvgIpc) is 1.65. The first-order valence-electron chi connectivity index (χ1n) is 1.70. The Morgan fingerprint density at radius 3 is 1.80 bits per heavy atom. The molecule has 0 spiro atoms. The molecule has 0 rings (SSSR count). The number of carbonyl (C=O) groups is 1. The average molecular weight is 184 g/mol. The monoisotopic (exact) mass is 184 g/mol. The molecule has 0 heterocycles. The van der Waals surface area contributed by atoms with Crippen molar-refractivity contribution < 1.29 is 33.9 Å². The van der Waals surface area contributed by atoms with Crippen molar-refractivity contribution in [2.24, 2.45) is 0 Å². The number of hydrogen-bond acceptors (Lipinski definition) is 3. The summed E-state index contributed by atoms with van der Waals surface area (Å²) in [7, 11) is 0. The maximum Gasteiger partial charge on any atom is 2.00 e. The Balaban J connectivity index is -0.0000000180. The van der Waals surface area contributed by atoms with Crippen LogP contribution in [0.25, 0.3) is 0 Å². The molecule has 0 saturated carbocycles. The van der Waals surface area contributed by atoms with Gasteiger partial charge in [-0.2, -0.15) is 0 Å². The fourth-order valence-electron chi connectivity index (χ4n) is 0.0781. The molecule has 0 aromatic rings. The molecule has 7 N–H and O–H groups in total. The van der Waals surface area contributed by atoms with Crippen LogP contribution in [0.4, 0.5) is 0 Å². The fraction of sp³-hybridized carbons (Fsp3) is 0.667. The maximum atomic E-state index is 9.52. The van der Waals surface area contributed by atoms with Gasteiger partial charge in [-0.25, -0.2) is 4.79 Å². The van der Waals surface area contributed by atoms with Gasteiger partial charge in [0.15, 0.2) is 6.10 Å². The molecule has 0 saturated heterocycles. The van der Waals surface area contributed by atoms with Crippen molar-refractivity contribution in [3.05, 3.63) is 0 Å². The van der Waals surface area contributed by atoms with Gasteiger partial charge in [0.25, 0.3) is 0 Å². The molecule has 6 nitrogen and oxygen atoms in total. The van der Waals surface area contributed by atoms with E-state index < -0.39 is 18.7 Å². The zero-order valence-corrected chi connectivity index (χ0v) is 7.45. The molecule has 0 fully saturated rings. The van der Waals surface area contributed by atoms with Crippen LogP contribution in [0.1, 0.15) is 2.85 Å². The second kappa shape index (κ2) is 12.3. The van der Waals surface area contributed by atoms with Crippen LogP contribution in [0, 0.1) is 0 Å². The number of aliphatic hydroxyl groups is 2. The molecule has 10 heavy (non-hydrogen) atoms. The van der Waals surface area contributed by atoms with Gasteiger partial charge in [-0.05, 0) is 0 Å². The van der Waals surface area contributed by atoms with E-state index in [2.05, 4.69) is 0 Å². The summed E-state index contributed by atoms with van der Waals surface area (Å²) in [6.07, 6.45) is -1.63. The molecule has 7 heteroatoms. The Hall–Kier alpha value is 0.570. The molecule has 0 aromatic heterocycles. The predicted octanol–water partition coefficient (Wildman–Crippen LogP) is -3.38. The van der Waals surface area contributed by atoms with Crippen LogP contribution in [-0.4, -0.2) is 82.7 Å². The second-order valence-electron chi connectivity index (χ2n) is 1.04. The van der Waals surface area contributed by atoms with Crippen molar-refractivity contribution in [2.45, 2.75) is 6.10 Å². The summed E-state index contributed by atoms with van der Waals surface area (Å²) >= 11 is 0. The van der Waals surface area contributed by atoms with Crippen LogP contribution < -0.4 is 0 Å². The number of rotatable bonds is 2. The van der Waals surface area contributed by atoms with Crippen molar-refractivity contribution in [3.63, 3.8) is 0 Å². The molecule has 62 valence electrons. The first kappa shape index (κ1) is 22.4. The van der Waals surface area contributed by atoms with Gasteiger partial charge in [0.1, 0.15) is 0 Å². The van der Waals surface area contributed by atoms with Gasteiger partial charge in [0.05, 0.1) is 6.61 Å². The van der Waals surface area contributed by atoms with E-state index in [1.54, 1.807) is 0 Å². The summed E-state index contributed by atoms with van der Waals surface area (Å²) in [5.41, 5.74) is 0. The standard InChI is InChI=1S/C3H6O4.Ca.2H2O.2H/c4-1-2(5)3(6)7;;;;;/h2,4-5H,1H2,(H,6,7);;2*1H2;;/q;+2;;;2*-1. The van der Waals surface area contributed by atoms with Gasteiger partial charge in [-0.15, -0.1) is 0 Å². The Morgan fingerprint density at radius 2 is 1.80 bits per heavy atom. The van der Waals surface area contributed by atoms with E-state index in [1.807, 2.05) is 0 Å². The van der Waals surface area contributed by atoms with Crippen LogP contribution in [0.15, 0.2) is 0 Å². The summed E-state index contributed by atoms with van der Waals surface area (Å²) < 4.78 is 0. The van der Waals surface area contributed by atoms with Gasteiger partial charge in [-0.1, -0.05) is 0 Å². The van der Waals surface area contributed by atoms with E-state index in [-0.39, 0.29) is 51.5 Å². The molecular weight excluding hydrogens is 172 g/mol. The number of hydrogen-bond donors (Lipinski definition) is 3. The quantitative estimate of drug-likeness (QED) is 0.385. The van der Waals surface area contributed by atoms with Crippen molar-refractivity contribution in [1.82, 2.24) is 0 Å². The first-order chi connectivity index (χ1) is 3.18. The number of carboxylic acid groups (broad SMARTS) is 1. The van der Waals surface area contributed by atoms with E-state index >= 15 is 0 Å². The van der Waals surface area contributed by atoms with Crippen LogP contribution in [0.5, 0.6) is 0 Å². The molecule has 0 radical (unpaired) electrons. The zero-order valence-electron chi connectivity index (χ0n) is 7.24. The van der Waals surface area contributed by atoms with E-state index in [0.717, 1.165) is 0 Å². The smallest absolute Gasteiger partial charge is 1.00 e. The van der Waals surface area contributed by atoms with Gasteiger partial charge in [0.2, 0.25) is 0 Å². The van der Waals surface area contributed by atoms with E-state index in [0.29, 0.717) is 0 Å². The van der Waals surface area contributed by atoms with Crippen LogP contribution >= 0.6 is 0 Å². The Labute approximate surface area is 90.1 Å². The minimum atomic E-state index is -1.63. The molecule has 0 aromatic carbocycles. The second-order valence-corrected chi connectivity index (χ2v) is 1.04. The van der Waals surface area contributed by atoms with Crippen molar-refractivity contribution in [2.75, 3.05) is 6.61 Å². The third-order valence-electron chi connectivity index (χ3n) is 0.458. The van der Waals surface area contributed by atoms with Crippen LogP contribution in [0.2, 0.25) is 0 Å². The van der Waals surface area contributed by atoms with Gasteiger partial charge in [0, 0.05) is 0 Å². The zero-order chi connectivity index (χ0) is 5.86. The third kappa shape index (κ3) is 11.4. The molecule has 0 aliphatic rings. The maximum absolute atomic E-state index is 9.52. The largest absolute Gasteiger partial charge is 2.00 e. The Morgan fingerprint density at radius 1 is 1.50 bits per heavy atom. The van der Waals surface area contributed by atoms with E-state index in [4.69, 9.17) is 15.3 Å². The van der Waals surface area contributed by atoms with Gasteiger partial charge < -0.3 is 29.1 Å². The summed E-state index contributed by atoms with van der Waals surface area (Å²) in [5.74, 6) is -1.40. The Kier molecular flexibility index (Phi) is 27.5. The summed E-state index contributed by atoms with van der Waals surface area (Å²) in [6.45, 7) is -0.727. The van der Waals surface area contributed by atoms with E-state index in [1.165, 1.54) is 0 Å². The predicted molar refractivity (Wildman–Crippen MR) is 35.9 cm³/mol. The van der Waals surface area contributed by atoms with Crippen LogP contribution in [0.3, 0.4) is 0 Å². The molecule has 1 atom stereocenters. The topological polar surface area (TPSA) is 141 Å². The molecule has 1 unspecified atom stereocenters. The third-order valence-corrected chi connectivity index (χ3v) is 0.458. The van der Waals surface area contributed by atoms with Gasteiger partial charge >= 0.3 is 43.7 Å². The number of carboxylic acids is 1. The minimum Gasteiger partial charge on any atom is -1.00 e. The number of aliphatic carboxylic acids is 1. The molecular formula is C3H12CaO6. The van der Waals surface area contributed by atoms with Crippen LogP contribution in [-0.2, 0) is 4.79 Å². The fourth-order valence-corrected chi connectivity index (χ4v) is 0.0781. The van der Waals surface area contributed by atoms with E-state index in [9.17, 15) is 4.79 Å². The Bertz CT molecular complexity index is 83.2. The summed E-state index contributed by atoms with van der Waals surface area (Å²) in [4.78, 5) is 9.52. The van der Waals surface area contributed by atoms with Gasteiger partial charge in [-0.3, -0.25) is 0 Å². The summed E-state index contributed by atoms with van der Waals surface area (Å²) in [6, 6.07) is 0. The normalized spacial score (nSPS) is 9.40. The molecule has 0 aliphatic heterocycles. The SMILES string of the molecule is O.O.O=C(O)C(O)CO.[Ca+2].[H-].[H-]. The molecule has 0 amide bonds.